The molecular formula is C9H9NO5. The molecule has 0 radical (unpaired) electrons. The second-order valence-electron chi connectivity index (χ2n) is 2.95. The van der Waals surface area contributed by atoms with Gasteiger partial charge in [-0.05, 0) is 5.56 Å². The molecule has 6 nitrogen and oxygen atoms in total. The van der Waals surface area contributed by atoms with Gasteiger partial charge in [-0.25, -0.2) is 0 Å². The van der Waals surface area contributed by atoms with E-state index in [-0.39, 0.29) is 17.9 Å². The molecule has 0 spiro atoms. The van der Waals surface area contributed by atoms with Crippen molar-refractivity contribution in [1.29, 1.82) is 0 Å². The molecule has 0 amide bonds. The van der Waals surface area contributed by atoms with Crippen molar-refractivity contribution in [2.24, 2.45) is 0 Å². The third-order valence-corrected chi connectivity index (χ3v) is 1.87. The van der Waals surface area contributed by atoms with Crippen molar-refractivity contribution in [3.8, 4) is 0 Å². The summed E-state index contributed by atoms with van der Waals surface area (Å²) in [5.74, 6) is -1.13. The summed E-state index contributed by atoms with van der Waals surface area (Å²) in [6, 6.07) is 3.99. The third-order valence-electron chi connectivity index (χ3n) is 1.87. The SMILES string of the molecule is O=C(O)Cc1ccc(CO)cc1[N+](=O)[O-]. The van der Waals surface area contributed by atoms with Crippen LogP contribution < -0.4 is 0 Å². The molecule has 0 atom stereocenters. The molecule has 0 aliphatic rings. The van der Waals surface area contributed by atoms with Crippen molar-refractivity contribution in [3.63, 3.8) is 0 Å². The van der Waals surface area contributed by atoms with Gasteiger partial charge in [0.25, 0.3) is 5.69 Å². The Morgan fingerprint density at radius 3 is 2.60 bits per heavy atom. The van der Waals surface area contributed by atoms with Gasteiger partial charge < -0.3 is 10.2 Å². The van der Waals surface area contributed by atoms with Gasteiger partial charge in [0.05, 0.1) is 18.0 Å². The number of aliphatic carboxylic acids is 1. The van der Waals surface area contributed by atoms with Crippen molar-refractivity contribution in [3.05, 3.63) is 39.4 Å². The molecule has 0 fully saturated rings. The molecule has 1 aromatic rings. The van der Waals surface area contributed by atoms with Gasteiger partial charge in [-0.3, -0.25) is 14.9 Å². The standard InChI is InChI=1S/C9H9NO5/c11-5-6-1-2-7(4-9(12)13)8(3-6)10(14)15/h1-3,11H,4-5H2,(H,12,13). The van der Waals surface area contributed by atoms with Crippen LogP contribution in [0.15, 0.2) is 18.2 Å². The molecule has 0 bridgehead atoms. The van der Waals surface area contributed by atoms with Crippen molar-refractivity contribution in [2.75, 3.05) is 0 Å². The first-order chi connectivity index (χ1) is 7.04. The molecule has 0 heterocycles. The first-order valence-electron chi connectivity index (χ1n) is 4.13. The van der Waals surface area contributed by atoms with E-state index in [1.54, 1.807) is 0 Å². The van der Waals surface area contributed by atoms with Gasteiger partial charge in [0, 0.05) is 11.6 Å². The third kappa shape index (κ3) is 2.75. The van der Waals surface area contributed by atoms with Crippen LogP contribution in [0.2, 0.25) is 0 Å². The van der Waals surface area contributed by atoms with Crippen LogP contribution in [-0.2, 0) is 17.8 Å². The minimum absolute atomic E-state index is 0.129. The number of benzene rings is 1. The Morgan fingerprint density at radius 1 is 1.47 bits per heavy atom. The van der Waals surface area contributed by atoms with Gasteiger partial charge in [0.2, 0.25) is 0 Å². The monoisotopic (exact) mass is 211 g/mol. The number of hydrogen-bond donors (Lipinski definition) is 2. The number of aliphatic hydroxyl groups excluding tert-OH is 1. The summed E-state index contributed by atoms with van der Waals surface area (Å²) in [6.45, 7) is -0.311. The molecule has 0 aromatic heterocycles. The molecule has 0 saturated heterocycles. The predicted molar refractivity (Wildman–Crippen MR) is 50.4 cm³/mol. The maximum atomic E-state index is 10.6. The first-order valence-corrected chi connectivity index (χ1v) is 4.13. The zero-order chi connectivity index (χ0) is 11.4. The van der Waals surface area contributed by atoms with E-state index in [0.29, 0.717) is 5.56 Å². The minimum Gasteiger partial charge on any atom is -0.481 e. The van der Waals surface area contributed by atoms with Gasteiger partial charge in [0.15, 0.2) is 0 Å². The number of carboxylic acid groups (broad SMARTS) is 1. The molecule has 80 valence electrons. The normalized spacial score (nSPS) is 9.93. The summed E-state index contributed by atoms with van der Waals surface area (Å²) < 4.78 is 0. The number of rotatable bonds is 4. The molecular weight excluding hydrogens is 202 g/mol. The summed E-state index contributed by atoms with van der Waals surface area (Å²) >= 11 is 0. The van der Waals surface area contributed by atoms with Crippen molar-refractivity contribution in [2.45, 2.75) is 13.0 Å². The number of carboxylic acids is 1. The highest BCUT2D eigenvalue weighted by Crippen LogP contribution is 2.20. The number of nitro benzene ring substituents is 1. The van der Waals surface area contributed by atoms with Crippen LogP contribution in [0.4, 0.5) is 5.69 Å². The molecule has 2 N–H and O–H groups in total. The average molecular weight is 211 g/mol. The van der Waals surface area contributed by atoms with Crippen LogP contribution in [0.3, 0.4) is 0 Å². The van der Waals surface area contributed by atoms with E-state index in [2.05, 4.69) is 0 Å². The Kier molecular flexibility index (Phi) is 3.35. The Balaban J connectivity index is 3.15. The lowest BCUT2D eigenvalue weighted by Gasteiger charge is -2.01. The number of aliphatic hydroxyl groups is 1. The fourth-order valence-electron chi connectivity index (χ4n) is 1.19. The Morgan fingerprint density at radius 2 is 2.13 bits per heavy atom. The second kappa shape index (κ2) is 4.52. The van der Waals surface area contributed by atoms with Crippen molar-refractivity contribution in [1.82, 2.24) is 0 Å². The number of carbonyl (C=O) groups is 1. The largest absolute Gasteiger partial charge is 0.481 e. The van der Waals surface area contributed by atoms with Gasteiger partial charge in [-0.2, -0.15) is 0 Å². The van der Waals surface area contributed by atoms with Gasteiger partial charge in [-0.15, -0.1) is 0 Å². The quantitative estimate of drug-likeness (QED) is 0.564. The van der Waals surface area contributed by atoms with Crippen LogP contribution in [0.1, 0.15) is 11.1 Å². The maximum Gasteiger partial charge on any atom is 0.308 e. The molecule has 0 aliphatic carbocycles. The highest BCUT2D eigenvalue weighted by atomic mass is 16.6. The van der Waals surface area contributed by atoms with Crippen molar-refractivity contribution < 1.29 is 19.9 Å². The number of nitrogens with zero attached hydrogens (tertiary/aromatic N) is 1. The molecule has 6 heteroatoms. The lowest BCUT2D eigenvalue weighted by atomic mass is 10.1. The van der Waals surface area contributed by atoms with Gasteiger partial charge in [0.1, 0.15) is 0 Å². The Bertz CT molecular complexity index is 401. The van der Waals surface area contributed by atoms with Crippen LogP contribution >= 0.6 is 0 Å². The zero-order valence-electron chi connectivity index (χ0n) is 7.71. The molecule has 1 rings (SSSR count). The predicted octanol–water partition coefficient (Wildman–Crippen LogP) is 0.714. The van der Waals surface area contributed by atoms with E-state index in [4.69, 9.17) is 10.2 Å². The van der Waals surface area contributed by atoms with Gasteiger partial charge in [-0.1, -0.05) is 12.1 Å². The van der Waals surface area contributed by atoms with E-state index >= 15 is 0 Å². The van der Waals surface area contributed by atoms with E-state index in [1.807, 2.05) is 0 Å². The molecule has 0 saturated carbocycles. The van der Waals surface area contributed by atoms with E-state index in [1.165, 1.54) is 18.2 Å². The van der Waals surface area contributed by atoms with E-state index < -0.39 is 17.3 Å². The summed E-state index contributed by atoms with van der Waals surface area (Å²) in [7, 11) is 0. The Hall–Kier alpha value is -1.95. The van der Waals surface area contributed by atoms with Crippen LogP contribution in [-0.4, -0.2) is 21.1 Å². The summed E-state index contributed by atoms with van der Waals surface area (Å²) in [6.07, 6.45) is -0.401. The molecule has 1 aromatic carbocycles. The lowest BCUT2D eigenvalue weighted by molar-refractivity contribution is -0.385. The number of hydrogen-bond acceptors (Lipinski definition) is 4. The maximum absolute atomic E-state index is 10.6. The van der Waals surface area contributed by atoms with Crippen LogP contribution in [0.25, 0.3) is 0 Å². The second-order valence-corrected chi connectivity index (χ2v) is 2.95. The highest BCUT2D eigenvalue weighted by molar-refractivity contribution is 5.72. The fourth-order valence-corrected chi connectivity index (χ4v) is 1.19. The minimum atomic E-state index is -1.13. The number of nitro groups is 1. The first kappa shape index (κ1) is 11.1. The van der Waals surface area contributed by atoms with Gasteiger partial charge >= 0.3 is 5.97 Å². The van der Waals surface area contributed by atoms with Crippen molar-refractivity contribution >= 4 is 11.7 Å². The van der Waals surface area contributed by atoms with E-state index in [0.717, 1.165) is 0 Å². The summed E-state index contributed by atoms with van der Waals surface area (Å²) in [5, 5.41) is 27.9. The topological polar surface area (TPSA) is 101 Å². The lowest BCUT2D eigenvalue weighted by Crippen LogP contribution is -2.04. The van der Waals surface area contributed by atoms with E-state index in [9.17, 15) is 14.9 Å². The van der Waals surface area contributed by atoms with Crippen LogP contribution in [0, 0.1) is 10.1 Å². The molecule has 15 heavy (non-hydrogen) atoms. The average Bonchev–Trinajstić information content (AvgIpc) is 2.17. The summed E-state index contributed by atoms with van der Waals surface area (Å²) in [4.78, 5) is 20.4. The molecule has 0 unspecified atom stereocenters. The summed E-state index contributed by atoms with van der Waals surface area (Å²) in [5.41, 5.74) is 0.240. The molecule has 0 aliphatic heterocycles. The fraction of sp³-hybridized carbons (Fsp3) is 0.222. The Labute approximate surface area is 84.9 Å². The zero-order valence-corrected chi connectivity index (χ0v) is 7.71. The van der Waals surface area contributed by atoms with Crippen LogP contribution in [0.5, 0.6) is 0 Å². The highest BCUT2D eigenvalue weighted by Gasteiger charge is 2.16. The smallest absolute Gasteiger partial charge is 0.308 e.